The van der Waals surface area contributed by atoms with Crippen molar-refractivity contribution in [3.8, 4) is 0 Å². The highest BCUT2D eigenvalue weighted by Crippen LogP contribution is 2.29. The Labute approximate surface area is 247 Å². The van der Waals surface area contributed by atoms with Gasteiger partial charge in [-0.15, -0.1) is 0 Å². The average Bonchev–Trinajstić information content (AvgIpc) is 2.99. The zero-order valence-electron chi connectivity index (χ0n) is 23.9. The van der Waals surface area contributed by atoms with Gasteiger partial charge < -0.3 is 21.7 Å². The molecule has 9 nitrogen and oxygen atoms in total. The van der Waals surface area contributed by atoms with Crippen LogP contribution in [0.15, 0.2) is 58.4 Å². The monoisotopic (exact) mass is 577 g/mol. The van der Waals surface area contributed by atoms with Crippen LogP contribution in [0.1, 0.15) is 67.6 Å². The summed E-state index contributed by atoms with van der Waals surface area (Å²) in [5, 5.41) is 10.5. The van der Waals surface area contributed by atoms with Crippen molar-refractivity contribution < 1.29 is 9.59 Å². The van der Waals surface area contributed by atoms with Crippen LogP contribution < -0.4 is 21.5 Å². The number of rotatable bonds is 12. The largest absolute Gasteiger partial charge is 0.387 e. The number of hydrogen-bond donors (Lipinski definition) is 5. The van der Waals surface area contributed by atoms with Crippen molar-refractivity contribution in [3.05, 3.63) is 65.2 Å². The summed E-state index contributed by atoms with van der Waals surface area (Å²) >= 11 is 1.48. The van der Waals surface area contributed by atoms with Crippen molar-refractivity contribution in [1.82, 2.24) is 14.9 Å². The van der Waals surface area contributed by atoms with E-state index in [1.165, 1.54) is 17.5 Å². The maximum Gasteiger partial charge on any atom is 0.240 e. The van der Waals surface area contributed by atoms with Crippen molar-refractivity contribution in [3.63, 3.8) is 0 Å². The number of nitrogens with two attached hydrogens (primary N) is 2. The number of likely N-dealkylation sites (tertiary alicyclic amines) is 1. The smallest absolute Gasteiger partial charge is 0.240 e. The van der Waals surface area contributed by atoms with E-state index in [0.29, 0.717) is 36.8 Å². The van der Waals surface area contributed by atoms with Gasteiger partial charge in [0.15, 0.2) is 0 Å². The van der Waals surface area contributed by atoms with Crippen LogP contribution in [-0.2, 0) is 16.0 Å². The molecule has 4 rings (SSSR count). The molecule has 1 unspecified atom stereocenters. The highest BCUT2D eigenvalue weighted by Gasteiger charge is 2.29. The van der Waals surface area contributed by atoms with E-state index in [1.54, 1.807) is 7.05 Å². The van der Waals surface area contributed by atoms with Gasteiger partial charge >= 0.3 is 0 Å². The highest BCUT2D eigenvalue weighted by molar-refractivity contribution is 7.97. The average molecular weight is 578 g/mol. The maximum atomic E-state index is 13.8. The highest BCUT2D eigenvalue weighted by atomic mass is 32.2. The second kappa shape index (κ2) is 15.0. The molecule has 2 aromatic carbocycles. The third-order valence-corrected chi connectivity index (χ3v) is 9.00. The number of carbonyl (C=O) groups is 2. The molecule has 2 aliphatic rings. The van der Waals surface area contributed by atoms with Crippen molar-refractivity contribution in [2.45, 2.75) is 68.2 Å². The number of carbonyl (C=O) groups excluding carboxylic acids is 2. The van der Waals surface area contributed by atoms with Crippen LogP contribution in [0.4, 0.5) is 0 Å². The van der Waals surface area contributed by atoms with Gasteiger partial charge in [0.2, 0.25) is 11.8 Å². The lowest BCUT2D eigenvalue weighted by atomic mass is 9.91. The number of nitrogens with one attached hydrogen (secondary N) is 3. The number of hydrogen-bond acceptors (Lipinski definition) is 7. The van der Waals surface area contributed by atoms with Crippen LogP contribution in [0.2, 0.25) is 0 Å². The molecular formula is C31H43N7O2S. The number of benzene rings is 2. The Morgan fingerprint density at radius 1 is 1.15 bits per heavy atom. The van der Waals surface area contributed by atoms with E-state index in [1.807, 2.05) is 29.2 Å². The molecule has 0 saturated carbocycles. The molecule has 10 heteroatoms. The fourth-order valence-corrected chi connectivity index (χ4v) is 6.39. The number of aliphatic imine (C=N–C) groups is 1. The van der Waals surface area contributed by atoms with Crippen LogP contribution in [0, 0.1) is 11.3 Å². The summed E-state index contributed by atoms with van der Waals surface area (Å²) in [5.74, 6) is 1.81. The molecule has 2 amide bonds. The Bertz CT molecular complexity index is 1240. The lowest BCUT2D eigenvalue weighted by molar-refractivity contribution is -0.134. The Morgan fingerprint density at radius 2 is 1.93 bits per heavy atom. The van der Waals surface area contributed by atoms with Crippen LogP contribution in [-0.4, -0.2) is 61.1 Å². The summed E-state index contributed by atoms with van der Waals surface area (Å²) in [6, 6.07) is 15.6. The molecule has 0 aliphatic carbocycles. The van der Waals surface area contributed by atoms with E-state index >= 15 is 0 Å². The number of piperidine rings is 1. The summed E-state index contributed by atoms with van der Waals surface area (Å²) in [6.07, 6.45) is 6.67. The zero-order valence-corrected chi connectivity index (χ0v) is 24.7. The summed E-state index contributed by atoms with van der Waals surface area (Å²) in [5.41, 5.74) is 14.5. The lowest BCUT2D eigenvalue weighted by Gasteiger charge is -2.34. The van der Waals surface area contributed by atoms with Gasteiger partial charge in [0.05, 0.1) is 5.84 Å². The molecule has 1 fully saturated rings. The molecule has 0 spiro atoms. The van der Waals surface area contributed by atoms with Gasteiger partial charge in [0, 0.05) is 55.9 Å². The van der Waals surface area contributed by atoms with Gasteiger partial charge in [0.25, 0.3) is 0 Å². The summed E-state index contributed by atoms with van der Waals surface area (Å²) in [4.78, 5) is 32.9. The third-order valence-electron chi connectivity index (χ3n) is 8.11. The Morgan fingerprint density at radius 3 is 2.63 bits per heavy atom. The van der Waals surface area contributed by atoms with Crippen LogP contribution >= 0.6 is 11.9 Å². The van der Waals surface area contributed by atoms with Crippen molar-refractivity contribution in [2.75, 3.05) is 26.7 Å². The first kappa shape index (κ1) is 30.6. The molecule has 0 aromatic heterocycles. The number of amides is 2. The number of nitrogens with zero attached hydrogens (tertiary/aromatic N) is 2. The summed E-state index contributed by atoms with van der Waals surface area (Å²) < 4.78 is 3.48. The van der Waals surface area contributed by atoms with E-state index in [2.05, 4.69) is 39.3 Å². The normalized spacial score (nSPS) is 18.4. The number of amidine groups is 2. The van der Waals surface area contributed by atoms with E-state index in [0.717, 1.165) is 67.9 Å². The Balaban J connectivity index is 1.41. The van der Waals surface area contributed by atoms with E-state index in [9.17, 15) is 9.59 Å². The molecule has 0 radical (unpaired) electrons. The minimum atomic E-state index is -0.435. The SMILES string of the molecule is CNC(=O)CCCC1CCN(C(=O)[C@H](Cc2cccc(C(=N)N)c2)NSc2cccc(C3CCC(N)=NC3)c2)CC1. The van der Waals surface area contributed by atoms with Gasteiger partial charge in [-0.3, -0.25) is 20.0 Å². The van der Waals surface area contributed by atoms with Crippen molar-refractivity contribution >= 4 is 35.4 Å². The van der Waals surface area contributed by atoms with Crippen LogP contribution in [0.3, 0.4) is 0 Å². The minimum Gasteiger partial charge on any atom is -0.387 e. The quantitative estimate of drug-likeness (QED) is 0.148. The molecule has 0 bridgehead atoms. The summed E-state index contributed by atoms with van der Waals surface area (Å²) in [7, 11) is 1.67. The first-order valence-corrected chi connectivity index (χ1v) is 15.4. The number of nitrogen functional groups attached to an aromatic ring is 1. The fourth-order valence-electron chi connectivity index (χ4n) is 5.58. The minimum absolute atomic E-state index is 0.0150. The maximum absolute atomic E-state index is 13.8. The molecule has 2 aromatic rings. The molecule has 220 valence electrons. The molecule has 2 heterocycles. The molecule has 2 atom stereocenters. The first-order chi connectivity index (χ1) is 19.8. The molecule has 1 saturated heterocycles. The molecule has 41 heavy (non-hydrogen) atoms. The predicted molar refractivity (Wildman–Crippen MR) is 166 cm³/mol. The fraction of sp³-hybridized carbons (Fsp3) is 0.484. The van der Waals surface area contributed by atoms with Gasteiger partial charge in [-0.1, -0.05) is 30.3 Å². The second-order valence-corrected chi connectivity index (χ2v) is 12.0. The predicted octanol–water partition coefficient (Wildman–Crippen LogP) is 3.57. The Hall–Kier alpha value is -3.37. The van der Waals surface area contributed by atoms with Gasteiger partial charge in [-0.05, 0) is 85.7 Å². The summed E-state index contributed by atoms with van der Waals surface area (Å²) in [6.45, 7) is 2.16. The molecular weight excluding hydrogens is 534 g/mol. The van der Waals surface area contributed by atoms with E-state index < -0.39 is 6.04 Å². The first-order valence-electron chi connectivity index (χ1n) is 14.6. The van der Waals surface area contributed by atoms with Crippen LogP contribution in [0.5, 0.6) is 0 Å². The standard InChI is InChI=1S/C31H43N7O2S/c1-35-29(39)10-3-5-21-13-15-38(16-14-21)31(40)27(18-22-6-2-8-24(17-22)30(33)34)37-41-26-9-4-7-23(19-26)25-11-12-28(32)36-20-25/h2,4,6-9,17,19,21,25,27,37H,3,5,10-16,18,20H2,1H3,(H2,32,36)(H3,33,34)(H,35,39)/t25?,27-/m0/s1. The van der Waals surface area contributed by atoms with Crippen LogP contribution in [0.25, 0.3) is 0 Å². The molecule has 2 aliphatic heterocycles. The van der Waals surface area contributed by atoms with Gasteiger partial charge in [-0.2, -0.15) is 0 Å². The van der Waals surface area contributed by atoms with Gasteiger partial charge in [0.1, 0.15) is 11.9 Å². The second-order valence-electron chi connectivity index (χ2n) is 11.1. The topological polar surface area (TPSA) is 150 Å². The van der Waals surface area contributed by atoms with E-state index in [-0.39, 0.29) is 17.6 Å². The third kappa shape index (κ3) is 9.06. The van der Waals surface area contributed by atoms with E-state index in [4.69, 9.17) is 16.9 Å². The molecule has 7 N–H and O–H groups in total. The Kier molecular flexibility index (Phi) is 11.2. The lowest BCUT2D eigenvalue weighted by Crippen LogP contribution is -2.48. The van der Waals surface area contributed by atoms with Crippen molar-refractivity contribution in [2.24, 2.45) is 22.4 Å². The zero-order chi connectivity index (χ0) is 29.2. The van der Waals surface area contributed by atoms with Crippen molar-refractivity contribution in [1.29, 1.82) is 5.41 Å². The van der Waals surface area contributed by atoms with Gasteiger partial charge in [-0.25, -0.2) is 4.72 Å².